The average molecular weight is 299 g/mol. The number of aromatic carboxylic acids is 2. The first-order chi connectivity index (χ1) is 7.29. The number of hydrogen-bond donors (Lipinski definition) is 4. The molecule has 86 valence electrons. The molecule has 0 spiro atoms. The van der Waals surface area contributed by atoms with Crippen LogP contribution in [0.15, 0.2) is 9.79 Å². The maximum Gasteiger partial charge on any atom is 0.338 e. The molecule has 0 amide bonds. The second kappa shape index (κ2) is 4.75. The van der Waals surface area contributed by atoms with Gasteiger partial charge in [0.05, 0.1) is 21.2 Å². The standard InChI is InChI=1S/C8H4Cl2O4S2/c9-3-1(7(11)12)5(15)4(10)2(6(3)16)8(13)14/h15-16H,(H,11,12)(H,13,14). The van der Waals surface area contributed by atoms with E-state index < -0.39 is 11.9 Å². The Labute approximate surface area is 111 Å². The van der Waals surface area contributed by atoms with Crippen molar-refractivity contribution in [2.75, 3.05) is 0 Å². The Hall–Kier alpha value is -0.560. The monoisotopic (exact) mass is 298 g/mol. The van der Waals surface area contributed by atoms with Gasteiger partial charge in [-0.2, -0.15) is 0 Å². The molecule has 0 aliphatic carbocycles. The Kier molecular flexibility index (Phi) is 4.01. The minimum atomic E-state index is -1.36. The minimum absolute atomic E-state index is 0.200. The molecule has 8 heteroatoms. The van der Waals surface area contributed by atoms with Crippen LogP contribution in [0, 0.1) is 0 Å². The zero-order chi connectivity index (χ0) is 12.6. The molecule has 0 fully saturated rings. The Morgan fingerprint density at radius 3 is 1.31 bits per heavy atom. The first-order valence-electron chi connectivity index (χ1n) is 3.68. The molecule has 0 bridgehead atoms. The molecular weight excluding hydrogens is 295 g/mol. The molecule has 2 N–H and O–H groups in total. The predicted molar refractivity (Wildman–Crippen MR) is 64.9 cm³/mol. The summed E-state index contributed by atoms with van der Waals surface area (Å²) in [5.41, 5.74) is -0.741. The maximum atomic E-state index is 10.9. The van der Waals surface area contributed by atoms with Crippen LogP contribution in [0.5, 0.6) is 0 Å². The molecule has 16 heavy (non-hydrogen) atoms. The molecule has 4 nitrogen and oxygen atoms in total. The highest BCUT2D eigenvalue weighted by Crippen LogP contribution is 2.39. The lowest BCUT2D eigenvalue weighted by atomic mass is 10.1. The molecule has 1 aromatic rings. The Bertz CT molecular complexity index is 427. The summed E-state index contributed by atoms with van der Waals surface area (Å²) in [4.78, 5) is 21.3. The fraction of sp³-hybridized carbons (Fsp3) is 0. The van der Waals surface area contributed by atoms with Gasteiger partial charge in [0, 0.05) is 9.79 Å². The quantitative estimate of drug-likeness (QED) is 0.633. The smallest absolute Gasteiger partial charge is 0.338 e. The molecule has 0 unspecified atom stereocenters. The Morgan fingerprint density at radius 2 is 1.12 bits per heavy atom. The molecule has 0 atom stereocenters. The zero-order valence-corrected chi connectivity index (χ0v) is 10.7. The van der Waals surface area contributed by atoms with Crippen molar-refractivity contribution in [2.24, 2.45) is 0 Å². The van der Waals surface area contributed by atoms with Crippen molar-refractivity contribution >= 4 is 60.4 Å². The third-order valence-electron chi connectivity index (χ3n) is 1.76. The van der Waals surface area contributed by atoms with E-state index in [9.17, 15) is 9.59 Å². The lowest BCUT2D eigenvalue weighted by molar-refractivity contribution is 0.0675. The van der Waals surface area contributed by atoms with Gasteiger partial charge in [-0.3, -0.25) is 0 Å². The van der Waals surface area contributed by atoms with Gasteiger partial charge in [0.25, 0.3) is 0 Å². The predicted octanol–water partition coefficient (Wildman–Crippen LogP) is 2.97. The van der Waals surface area contributed by atoms with Crippen LogP contribution in [0.1, 0.15) is 20.7 Å². The van der Waals surface area contributed by atoms with E-state index in [-0.39, 0.29) is 31.0 Å². The van der Waals surface area contributed by atoms with Gasteiger partial charge in [-0.05, 0) is 0 Å². The van der Waals surface area contributed by atoms with E-state index >= 15 is 0 Å². The molecule has 0 aromatic heterocycles. The summed E-state index contributed by atoms with van der Waals surface area (Å²) in [5, 5.41) is 17.1. The van der Waals surface area contributed by atoms with Crippen LogP contribution in [-0.2, 0) is 0 Å². The highest BCUT2D eigenvalue weighted by Gasteiger charge is 2.25. The van der Waals surface area contributed by atoms with E-state index in [2.05, 4.69) is 25.3 Å². The molecule has 0 saturated carbocycles. The molecule has 1 aromatic carbocycles. The topological polar surface area (TPSA) is 74.6 Å². The molecule has 0 heterocycles. The van der Waals surface area contributed by atoms with Crippen molar-refractivity contribution < 1.29 is 19.8 Å². The van der Waals surface area contributed by atoms with Gasteiger partial charge in [-0.1, -0.05) is 23.2 Å². The number of thiol groups is 2. The van der Waals surface area contributed by atoms with Gasteiger partial charge in [-0.15, -0.1) is 25.3 Å². The van der Waals surface area contributed by atoms with Crippen LogP contribution in [0.4, 0.5) is 0 Å². The number of carboxylic acid groups (broad SMARTS) is 2. The second-order valence-electron chi connectivity index (χ2n) is 2.69. The second-order valence-corrected chi connectivity index (χ2v) is 4.34. The summed E-state index contributed by atoms with van der Waals surface area (Å²) < 4.78 is 0. The molecular formula is C8H4Cl2O4S2. The number of carbonyl (C=O) groups is 2. The summed E-state index contributed by atoms with van der Waals surface area (Å²) >= 11 is 19.0. The van der Waals surface area contributed by atoms with Crippen LogP contribution in [0.2, 0.25) is 10.0 Å². The Morgan fingerprint density at radius 1 is 0.875 bits per heavy atom. The van der Waals surface area contributed by atoms with E-state index in [1.165, 1.54) is 0 Å². The van der Waals surface area contributed by atoms with Gasteiger partial charge in [0.15, 0.2) is 0 Å². The van der Waals surface area contributed by atoms with Gasteiger partial charge < -0.3 is 10.2 Å². The van der Waals surface area contributed by atoms with Crippen molar-refractivity contribution in [2.45, 2.75) is 9.79 Å². The Balaban J connectivity index is 3.77. The van der Waals surface area contributed by atoms with Gasteiger partial charge in [0.1, 0.15) is 0 Å². The molecule has 0 aliphatic rings. The van der Waals surface area contributed by atoms with Crippen LogP contribution < -0.4 is 0 Å². The summed E-state index contributed by atoms with van der Waals surface area (Å²) in [5.74, 6) is -2.71. The summed E-state index contributed by atoms with van der Waals surface area (Å²) in [6.07, 6.45) is 0. The van der Waals surface area contributed by atoms with Crippen molar-refractivity contribution in [1.29, 1.82) is 0 Å². The van der Waals surface area contributed by atoms with Gasteiger partial charge in [-0.25, -0.2) is 9.59 Å². The van der Waals surface area contributed by atoms with Crippen LogP contribution in [-0.4, -0.2) is 22.2 Å². The number of halogens is 2. The van der Waals surface area contributed by atoms with E-state index in [0.29, 0.717) is 0 Å². The van der Waals surface area contributed by atoms with E-state index in [1.807, 2.05) is 0 Å². The summed E-state index contributed by atoms with van der Waals surface area (Å²) in [6.45, 7) is 0. The molecule has 0 saturated heterocycles. The summed E-state index contributed by atoms with van der Waals surface area (Å²) in [6, 6.07) is 0. The van der Waals surface area contributed by atoms with Crippen molar-refractivity contribution in [3.05, 3.63) is 21.2 Å². The SMILES string of the molecule is O=C(O)c1c(S)c(Cl)c(C(=O)O)c(S)c1Cl. The summed E-state index contributed by atoms with van der Waals surface area (Å²) in [7, 11) is 0. The molecule has 1 rings (SSSR count). The largest absolute Gasteiger partial charge is 0.478 e. The van der Waals surface area contributed by atoms with E-state index in [4.69, 9.17) is 33.4 Å². The maximum absolute atomic E-state index is 10.9. The lowest BCUT2D eigenvalue weighted by Crippen LogP contribution is -2.07. The van der Waals surface area contributed by atoms with E-state index in [1.54, 1.807) is 0 Å². The lowest BCUT2D eigenvalue weighted by Gasteiger charge is -2.11. The average Bonchev–Trinajstić information content (AvgIpc) is 2.14. The number of rotatable bonds is 2. The normalized spacial score (nSPS) is 10.2. The minimum Gasteiger partial charge on any atom is -0.478 e. The van der Waals surface area contributed by atoms with Crippen molar-refractivity contribution in [3.63, 3.8) is 0 Å². The first kappa shape index (κ1) is 13.5. The fourth-order valence-electron chi connectivity index (χ4n) is 1.05. The highest BCUT2D eigenvalue weighted by molar-refractivity contribution is 7.81. The highest BCUT2D eigenvalue weighted by atomic mass is 35.5. The number of carboxylic acids is 2. The third-order valence-corrected chi connectivity index (χ3v) is 3.67. The zero-order valence-electron chi connectivity index (χ0n) is 7.36. The van der Waals surface area contributed by atoms with Crippen LogP contribution in [0.3, 0.4) is 0 Å². The third kappa shape index (κ3) is 2.10. The molecule has 0 radical (unpaired) electrons. The van der Waals surface area contributed by atoms with Crippen molar-refractivity contribution in [3.8, 4) is 0 Å². The molecule has 0 aliphatic heterocycles. The first-order valence-corrected chi connectivity index (χ1v) is 5.33. The van der Waals surface area contributed by atoms with Gasteiger partial charge >= 0.3 is 11.9 Å². The number of hydrogen-bond acceptors (Lipinski definition) is 4. The van der Waals surface area contributed by atoms with Crippen LogP contribution >= 0.6 is 48.5 Å². The van der Waals surface area contributed by atoms with Crippen molar-refractivity contribution in [1.82, 2.24) is 0 Å². The number of benzene rings is 1. The van der Waals surface area contributed by atoms with E-state index in [0.717, 1.165) is 0 Å². The van der Waals surface area contributed by atoms with Gasteiger partial charge in [0.2, 0.25) is 0 Å². The van der Waals surface area contributed by atoms with Crippen LogP contribution in [0.25, 0.3) is 0 Å². The fourth-order valence-corrected chi connectivity index (χ4v) is 2.36.